The van der Waals surface area contributed by atoms with Crippen molar-refractivity contribution in [2.75, 3.05) is 43.6 Å². The van der Waals surface area contributed by atoms with Crippen LogP contribution in [0.3, 0.4) is 0 Å². The van der Waals surface area contributed by atoms with Crippen molar-refractivity contribution in [3.05, 3.63) is 41.5 Å². The molecule has 0 radical (unpaired) electrons. The van der Waals surface area contributed by atoms with Gasteiger partial charge in [0.2, 0.25) is 0 Å². The first-order valence-electron chi connectivity index (χ1n) is 7.85. The SMILES string of the molecule is Cc1nc([C@@H]2CN(c3ncccc3C)CCO2)cc(N(C)C)n1. The van der Waals surface area contributed by atoms with Crippen LogP contribution in [0.5, 0.6) is 0 Å². The predicted octanol–water partition coefficient (Wildman–Crippen LogP) is 2.13. The quantitative estimate of drug-likeness (QED) is 0.865. The lowest BCUT2D eigenvalue weighted by molar-refractivity contribution is 0.0365. The van der Waals surface area contributed by atoms with E-state index in [2.05, 4.69) is 32.8 Å². The van der Waals surface area contributed by atoms with Crippen molar-refractivity contribution in [1.82, 2.24) is 15.0 Å². The molecule has 1 aliphatic rings. The number of hydrogen-bond donors (Lipinski definition) is 0. The molecule has 23 heavy (non-hydrogen) atoms. The van der Waals surface area contributed by atoms with E-state index < -0.39 is 0 Å². The van der Waals surface area contributed by atoms with Crippen LogP contribution >= 0.6 is 0 Å². The largest absolute Gasteiger partial charge is 0.368 e. The van der Waals surface area contributed by atoms with E-state index >= 15 is 0 Å². The molecular formula is C17H23N5O. The number of morpholine rings is 1. The zero-order valence-corrected chi connectivity index (χ0v) is 14.2. The van der Waals surface area contributed by atoms with E-state index in [4.69, 9.17) is 4.74 Å². The molecular weight excluding hydrogens is 290 g/mol. The van der Waals surface area contributed by atoms with Gasteiger partial charge in [-0.1, -0.05) is 6.07 Å². The Hall–Kier alpha value is -2.21. The average Bonchev–Trinajstić information content (AvgIpc) is 2.55. The molecule has 1 saturated heterocycles. The molecule has 6 heteroatoms. The fourth-order valence-electron chi connectivity index (χ4n) is 2.80. The van der Waals surface area contributed by atoms with Crippen molar-refractivity contribution >= 4 is 11.6 Å². The zero-order chi connectivity index (χ0) is 16.4. The Morgan fingerprint density at radius 3 is 2.83 bits per heavy atom. The Labute approximate surface area is 137 Å². The summed E-state index contributed by atoms with van der Waals surface area (Å²) in [7, 11) is 3.97. The van der Waals surface area contributed by atoms with Crippen molar-refractivity contribution < 1.29 is 4.74 Å². The van der Waals surface area contributed by atoms with Crippen LogP contribution in [0.25, 0.3) is 0 Å². The van der Waals surface area contributed by atoms with Crippen LogP contribution in [0.15, 0.2) is 24.4 Å². The van der Waals surface area contributed by atoms with Gasteiger partial charge < -0.3 is 14.5 Å². The molecule has 0 unspecified atom stereocenters. The van der Waals surface area contributed by atoms with Gasteiger partial charge in [0, 0.05) is 32.9 Å². The second-order valence-corrected chi connectivity index (χ2v) is 6.04. The minimum atomic E-state index is -0.0643. The molecule has 0 saturated carbocycles. The molecule has 0 aliphatic carbocycles. The van der Waals surface area contributed by atoms with E-state index in [0.29, 0.717) is 6.61 Å². The number of anilines is 2. The summed E-state index contributed by atoms with van der Waals surface area (Å²) in [4.78, 5) is 17.8. The van der Waals surface area contributed by atoms with Crippen LogP contribution in [-0.2, 0) is 4.74 Å². The van der Waals surface area contributed by atoms with Crippen molar-refractivity contribution in [1.29, 1.82) is 0 Å². The van der Waals surface area contributed by atoms with Gasteiger partial charge in [-0.2, -0.15) is 0 Å². The maximum absolute atomic E-state index is 5.97. The predicted molar refractivity (Wildman–Crippen MR) is 91.0 cm³/mol. The third-order valence-electron chi connectivity index (χ3n) is 3.98. The molecule has 1 aliphatic heterocycles. The molecule has 2 aromatic rings. The summed E-state index contributed by atoms with van der Waals surface area (Å²) < 4.78 is 5.97. The number of rotatable bonds is 3. The third-order valence-corrected chi connectivity index (χ3v) is 3.98. The summed E-state index contributed by atoms with van der Waals surface area (Å²) in [5.41, 5.74) is 2.11. The van der Waals surface area contributed by atoms with E-state index in [1.807, 2.05) is 44.2 Å². The zero-order valence-electron chi connectivity index (χ0n) is 14.2. The number of hydrogen-bond acceptors (Lipinski definition) is 6. The van der Waals surface area contributed by atoms with Crippen molar-refractivity contribution in [3.8, 4) is 0 Å². The first kappa shape index (κ1) is 15.7. The van der Waals surface area contributed by atoms with Gasteiger partial charge >= 0.3 is 0 Å². The Kier molecular flexibility index (Phi) is 4.43. The standard InChI is InChI=1S/C17H23N5O/c1-12-6-5-7-18-17(12)22-8-9-23-15(11-22)14-10-16(21(3)4)20-13(2)19-14/h5-7,10,15H,8-9,11H2,1-4H3/t15-/m0/s1. The van der Waals surface area contributed by atoms with Gasteiger partial charge in [0.1, 0.15) is 23.6 Å². The minimum absolute atomic E-state index is 0.0643. The Balaban J connectivity index is 1.85. The highest BCUT2D eigenvalue weighted by Gasteiger charge is 2.25. The monoisotopic (exact) mass is 313 g/mol. The number of aryl methyl sites for hydroxylation is 2. The van der Waals surface area contributed by atoms with Crippen LogP contribution < -0.4 is 9.80 Å². The molecule has 3 rings (SSSR count). The molecule has 2 aromatic heterocycles. The first-order valence-corrected chi connectivity index (χ1v) is 7.85. The molecule has 0 spiro atoms. The number of aromatic nitrogens is 3. The fourth-order valence-corrected chi connectivity index (χ4v) is 2.80. The second kappa shape index (κ2) is 6.50. The summed E-state index contributed by atoms with van der Waals surface area (Å²) in [6, 6.07) is 6.06. The molecule has 0 aromatic carbocycles. The van der Waals surface area contributed by atoms with Gasteiger partial charge in [0.15, 0.2) is 0 Å². The second-order valence-electron chi connectivity index (χ2n) is 6.04. The van der Waals surface area contributed by atoms with Gasteiger partial charge in [-0.3, -0.25) is 0 Å². The molecule has 0 amide bonds. The van der Waals surface area contributed by atoms with Crippen molar-refractivity contribution in [2.24, 2.45) is 0 Å². The Morgan fingerprint density at radius 1 is 1.26 bits per heavy atom. The van der Waals surface area contributed by atoms with Crippen LogP contribution in [0.4, 0.5) is 11.6 Å². The Bertz CT molecular complexity index is 688. The molecule has 1 fully saturated rings. The topological polar surface area (TPSA) is 54.4 Å². The smallest absolute Gasteiger partial charge is 0.132 e. The average molecular weight is 313 g/mol. The van der Waals surface area contributed by atoms with Crippen LogP contribution in [-0.4, -0.2) is 48.7 Å². The normalized spacial score (nSPS) is 18.1. The summed E-state index contributed by atoms with van der Waals surface area (Å²) >= 11 is 0. The van der Waals surface area contributed by atoms with Crippen LogP contribution in [0, 0.1) is 13.8 Å². The molecule has 0 N–H and O–H groups in total. The lowest BCUT2D eigenvalue weighted by atomic mass is 10.1. The van der Waals surface area contributed by atoms with E-state index in [0.717, 1.165) is 36.2 Å². The van der Waals surface area contributed by atoms with Crippen LogP contribution in [0.1, 0.15) is 23.2 Å². The van der Waals surface area contributed by atoms with Crippen LogP contribution in [0.2, 0.25) is 0 Å². The third kappa shape index (κ3) is 3.42. The number of ether oxygens (including phenoxy) is 1. The molecule has 122 valence electrons. The Morgan fingerprint density at radius 2 is 2.09 bits per heavy atom. The fraction of sp³-hybridized carbons (Fsp3) is 0.471. The van der Waals surface area contributed by atoms with Crippen molar-refractivity contribution in [2.45, 2.75) is 20.0 Å². The molecule has 3 heterocycles. The van der Waals surface area contributed by atoms with E-state index in [1.165, 1.54) is 5.56 Å². The summed E-state index contributed by atoms with van der Waals surface area (Å²) in [6.07, 6.45) is 1.77. The van der Waals surface area contributed by atoms with Crippen molar-refractivity contribution in [3.63, 3.8) is 0 Å². The van der Waals surface area contributed by atoms with E-state index in [9.17, 15) is 0 Å². The molecule has 1 atom stereocenters. The van der Waals surface area contributed by atoms with E-state index in [-0.39, 0.29) is 6.10 Å². The highest BCUT2D eigenvalue weighted by atomic mass is 16.5. The van der Waals surface area contributed by atoms with Gasteiger partial charge in [0.05, 0.1) is 18.8 Å². The summed E-state index contributed by atoms with van der Waals surface area (Å²) in [6.45, 7) is 6.27. The summed E-state index contributed by atoms with van der Waals surface area (Å²) in [5.74, 6) is 2.70. The lowest BCUT2D eigenvalue weighted by Gasteiger charge is -2.34. The van der Waals surface area contributed by atoms with Gasteiger partial charge in [-0.05, 0) is 25.5 Å². The van der Waals surface area contributed by atoms with E-state index in [1.54, 1.807) is 0 Å². The highest BCUT2D eigenvalue weighted by Crippen LogP contribution is 2.27. The maximum atomic E-state index is 5.97. The number of pyridine rings is 1. The van der Waals surface area contributed by atoms with Gasteiger partial charge in [-0.15, -0.1) is 0 Å². The molecule has 6 nitrogen and oxygen atoms in total. The maximum Gasteiger partial charge on any atom is 0.132 e. The summed E-state index contributed by atoms with van der Waals surface area (Å²) in [5, 5.41) is 0. The number of nitrogens with zero attached hydrogens (tertiary/aromatic N) is 5. The highest BCUT2D eigenvalue weighted by molar-refractivity contribution is 5.47. The van der Waals surface area contributed by atoms with Gasteiger partial charge in [0.25, 0.3) is 0 Å². The molecule has 0 bridgehead atoms. The first-order chi connectivity index (χ1) is 11.0. The lowest BCUT2D eigenvalue weighted by Crippen LogP contribution is -2.39. The van der Waals surface area contributed by atoms with Gasteiger partial charge in [-0.25, -0.2) is 15.0 Å². The minimum Gasteiger partial charge on any atom is -0.368 e.